The van der Waals surface area contributed by atoms with E-state index in [4.69, 9.17) is 10.5 Å². The number of methoxy groups -OCH3 is 1. The van der Waals surface area contributed by atoms with Crippen molar-refractivity contribution in [1.82, 2.24) is 5.32 Å². The van der Waals surface area contributed by atoms with Gasteiger partial charge in [-0.25, -0.2) is 4.79 Å². The molecule has 0 fully saturated rings. The number of hydrogen-bond donors (Lipinski definition) is 2. The summed E-state index contributed by atoms with van der Waals surface area (Å²) < 4.78 is 5.23. The summed E-state index contributed by atoms with van der Waals surface area (Å²) in [5.41, 5.74) is 7.57. The highest BCUT2D eigenvalue weighted by Crippen LogP contribution is 2.39. The highest BCUT2D eigenvalue weighted by Gasteiger charge is 2.45. The second-order valence-corrected chi connectivity index (χ2v) is 4.71. The van der Waals surface area contributed by atoms with Gasteiger partial charge in [-0.3, -0.25) is 0 Å². The number of nitrogens with one attached hydrogen (secondary N) is 1. The molecule has 3 N–H and O–H groups in total. The molecule has 0 aromatic heterocycles. The SMILES string of the molecule is COc1ccc2c(c1)CCCC21NC(=O)N=C1N. The lowest BCUT2D eigenvalue weighted by Crippen LogP contribution is -2.50. The first-order valence-corrected chi connectivity index (χ1v) is 6.00. The molecule has 0 radical (unpaired) electrons. The Morgan fingerprint density at radius 2 is 2.33 bits per heavy atom. The van der Waals surface area contributed by atoms with Gasteiger partial charge in [0.2, 0.25) is 0 Å². The van der Waals surface area contributed by atoms with Crippen LogP contribution < -0.4 is 15.8 Å². The largest absolute Gasteiger partial charge is 0.497 e. The summed E-state index contributed by atoms with van der Waals surface area (Å²) in [6, 6.07) is 5.52. The molecule has 18 heavy (non-hydrogen) atoms. The first-order valence-electron chi connectivity index (χ1n) is 6.00. The van der Waals surface area contributed by atoms with Crippen molar-refractivity contribution in [3.8, 4) is 5.75 Å². The number of rotatable bonds is 1. The van der Waals surface area contributed by atoms with Crippen LogP contribution in [0.4, 0.5) is 4.79 Å². The van der Waals surface area contributed by atoms with E-state index in [9.17, 15) is 4.79 Å². The van der Waals surface area contributed by atoms with E-state index in [1.54, 1.807) is 7.11 Å². The van der Waals surface area contributed by atoms with E-state index in [-0.39, 0.29) is 6.03 Å². The van der Waals surface area contributed by atoms with Crippen LogP contribution in [0.1, 0.15) is 24.0 Å². The van der Waals surface area contributed by atoms with Crippen molar-refractivity contribution in [2.24, 2.45) is 10.7 Å². The van der Waals surface area contributed by atoms with Gasteiger partial charge in [0.1, 0.15) is 17.1 Å². The van der Waals surface area contributed by atoms with Crippen molar-refractivity contribution in [2.45, 2.75) is 24.8 Å². The van der Waals surface area contributed by atoms with Gasteiger partial charge in [0.05, 0.1) is 7.11 Å². The molecule has 1 aromatic carbocycles. The lowest BCUT2D eigenvalue weighted by Gasteiger charge is -2.35. The number of nitrogens with zero attached hydrogens (tertiary/aromatic N) is 1. The van der Waals surface area contributed by atoms with Crippen LogP contribution in [-0.4, -0.2) is 19.0 Å². The number of aryl methyl sites for hydroxylation is 1. The zero-order chi connectivity index (χ0) is 12.8. The number of urea groups is 1. The molecule has 1 aromatic rings. The van der Waals surface area contributed by atoms with E-state index in [0.29, 0.717) is 5.84 Å². The smallest absolute Gasteiger partial charge is 0.343 e. The number of ether oxygens (including phenoxy) is 1. The van der Waals surface area contributed by atoms with Crippen LogP contribution in [0.25, 0.3) is 0 Å². The zero-order valence-electron chi connectivity index (χ0n) is 10.2. The second kappa shape index (κ2) is 3.73. The Morgan fingerprint density at radius 3 is 3.00 bits per heavy atom. The standard InChI is InChI=1S/C13H15N3O2/c1-18-9-4-5-10-8(7-9)3-2-6-13(10)11(14)15-12(17)16-13/h4-5,7H,2-3,6H2,1H3,(H3,14,15,16,17). The minimum Gasteiger partial charge on any atom is -0.497 e. The van der Waals surface area contributed by atoms with Crippen molar-refractivity contribution in [2.75, 3.05) is 7.11 Å². The first-order chi connectivity index (χ1) is 8.65. The maximum absolute atomic E-state index is 11.5. The molecular formula is C13H15N3O2. The van der Waals surface area contributed by atoms with E-state index in [0.717, 1.165) is 30.6 Å². The van der Waals surface area contributed by atoms with E-state index in [1.165, 1.54) is 5.56 Å². The van der Waals surface area contributed by atoms with Crippen LogP contribution >= 0.6 is 0 Å². The fourth-order valence-corrected chi connectivity index (χ4v) is 2.87. The average molecular weight is 245 g/mol. The zero-order valence-corrected chi connectivity index (χ0v) is 10.2. The summed E-state index contributed by atoms with van der Waals surface area (Å²) in [7, 11) is 1.65. The van der Waals surface area contributed by atoms with Gasteiger partial charge in [0.25, 0.3) is 0 Å². The Kier molecular flexibility index (Phi) is 2.29. The summed E-state index contributed by atoms with van der Waals surface area (Å²) in [5, 5.41) is 2.90. The number of benzene rings is 1. The molecule has 1 aliphatic heterocycles. The Morgan fingerprint density at radius 1 is 1.50 bits per heavy atom. The molecule has 3 rings (SSSR count). The van der Waals surface area contributed by atoms with Gasteiger partial charge in [-0.2, -0.15) is 4.99 Å². The highest BCUT2D eigenvalue weighted by molar-refractivity contribution is 6.06. The third-order valence-corrected chi connectivity index (χ3v) is 3.75. The molecule has 2 amide bonds. The summed E-state index contributed by atoms with van der Waals surface area (Å²) in [6.07, 6.45) is 2.74. The fourth-order valence-electron chi connectivity index (χ4n) is 2.87. The molecule has 5 nitrogen and oxygen atoms in total. The number of hydrogen-bond acceptors (Lipinski definition) is 3. The lowest BCUT2D eigenvalue weighted by molar-refractivity contribution is 0.244. The first kappa shape index (κ1) is 11.1. The number of amidine groups is 1. The normalized spacial score (nSPS) is 25.6. The maximum Gasteiger partial charge on any atom is 0.343 e. The van der Waals surface area contributed by atoms with E-state index in [1.807, 2.05) is 18.2 Å². The number of carbonyl (C=O) groups excluding carboxylic acids is 1. The molecule has 0 bridgehead atoms. The van der Waals surface area contributed by atoms with E-state index >= 15 is 0 Å². The van der Waals surface area contributed by atoms with Gasteiger partial charge in [0, 0.05) is 0 Å². The number of nitrogens with two attached hydrogens (primary N) is 1. The van der Waals surface area contributed by atoms with Crippen LogP contribution in [0.2, 0.25) is 0 Å². The van der Waals surface area contributed by atoms with Crippen LogP contribution in [0.5, 0.6) is 5.75 Å². The van der Waals surface area contributed by atoms with Crippen molar-refractivity contribution in [3.63, 3.8) is 0 Å². The minimum atomic E-state index is -0.600. The Balaban J connectivity index is 2.13. The van der Waals surface area contributed by atoms with Crippen LogP contribution in [0.15, 0.2) is 23.2 Å². The average Bonchev–Trinajstić information content (AvgIpc) is 2.64. The summed E-state index contributed by atoms with van der Waals surface area (Å²) in [6.45, 7) is 0. The van der Waals surface area contributed by atoms with Crippen molar-refractivity contribution < 1.29 is 9.53 Å². The van der Waals surface area contributed by atoms with Crippen LogP contribution in [0.3, 0.4) is 0 Å². The van der Waals surface area contributed by atoms with Crippen LogP contribution in [-0.2, 0) is 12.0 Å². The molecule has 1 atom stereocenters. The second-order valence-electron chi connectivity index (χ2n) is 4.71. The molecule has 94 valence electrons. The van der Waals surface area contributed by atoms with Gasteiger partial charge in [0.15, 0.2) is 0 Å². The molecule has 1 heterocycles. The van der Waals surface area contributed by atoms with Gasteiger partial charge in [-0.1, -0.05) is 6.07 Å². The lowest BCUT2D eigenvalue weighted by atomic mass is 9.76. The Hall–Kier alpha value is -2.04. The third kappa shape index (κ3) is 1.40. The molecule has 1 unspecified atom stereocenters. The van der Waals surface area contributed by atoms with E-state index in [2.05, 4.69) is 10.3 Å². The quantitative estimate of drug-likeness (QED) is 0.783. The van der Waals surface area contributed by atoms with Gasteiger partial charge >= 0.3 is 6.03 Å². The molecule has 2 aliphatic rings. The molecule has 1 spiro atoms. The Bertz CT molecular complexity index is 553. The Labute approximate surface area is 105 Å². The highest BCUT2D eigenvalue weighted by atomic mass is 16.5. The number of amides is 2. The molecular weight excluding hydrogens is 230 g/mol. The summed E-state index contributed by atoms with van der Waals surface area (Å²) in [4.78, 5) is 15.3. The monoisotopic (exact) mass is 245 g/mol. The number of fused-ring (bicyclic) bond motifs is 2. The van der Waals surface area contributed by atoms with Gasteiger partial charge in [-0.15, -0.1) is 0 Å². The number of carbonyl (C=O) groups is 1. The molecule has 0 saturated heterocycles. The van der Waals surface area contributed by atoms with Crippen molar-refractivity contribution in [3.05, 3.63) is 29.3 Å². The minimum absolute atomic E-state index is 0.351. The maximum atomic E-state index is 11.5. The van der Waals surface area contributed by atoms with Crippen LogP contribution in [0, 0.1) is 0 Å². The fraction of sp³-hybridized carbons (Fsp3) is 0.385. The predicted octanol–water partition coefficient (Wildman–Crippen LogP) is 1.31. The summed E-state index contributed by atoms with van der Waals surface area (Å²) in [5.74, 6) is 1.20. The van der Waals surface area contributed by atoms with E-state index < -0.39 is 5.54 Å². The predicted molar refractivity (Wildman–Crippen MR) is 67.8 cm³/mol. The van der Waals surface area contributed by atoms with Gasteiger partial charge in [-0.05, 0) is 42.5 Å². The number of aliphatic imine (C=N–C) groups is 1. The topological polar surface area (TPSA) is 76.7 Å². The molecule has 1 aliphatic carbocycles. The van der Waals surface area contributed by atoms with Crippen molar-refractivity contribution in [1.29, 1.82) is 0 Å². The van der Waals surface area contributed by atoms with Crippen molar-refractivity contribution >= 4 is 11.9 Å². The van der Waals surface area contributed by atoms with Gasteiger partial charge < -0.3 is 15.8 Å². The summed E-state index contributed by atoms with van der Waals surface area (Å²) >= 11 is 0. The molecule has 0 saturated carbocycles. The molecule has 5 heteroatoms. The third-order valence-electron chi connectivity index (χ3n) is 3.75.